The number of pyridine rings is 1. The molecule has 0 radical (unpaired) electrons. The minimum Gasteiger partial charge on any atom is -0.392 e. The van der Waals surface area contributed by atoms with Crippen molar-refractivity contribution in [3.8, 4) is 0 Å². The van der Waals surface area contributed by atoms with Crippen LogP contribution in [-0.2, 0) is 6.18 Å². The van der Waals surface area contributed by atoms with E-state index in [2.05, 4.69) is 15.0 Å². The quantitative estimate of drug-likeness (QED) is 0.888. The normalized spacial score (nSPS) is 24.9. The van der Waals surface area contributed by atoms with Crippen LogP contribution in [0.4, 0.5) is 19.0 Å². The molecule has 0 bridgehead atoms. The Labute approximate surface area is 126 Å². The van der Waals surface area contributed by atoms with Gasteiger partial charge < -0.3 is 10.0 Å². The molecule has 1 aromatic rings. The molecule has 1 atom stereocenters. The Morgan fingerprint density at radius 1 is 1.05 bits per heavy atom. The lowest BCUT2D eigenvalue weighted by Gasteiger charge is -2.39. The second kappa shape index (κ2) is 6.02. The van der Waals surface area contributed by atoms with Crippen molar-refractivity contribution in [2.75, 3.05) is 44.2 Å². The Hall–Kier alpha value is -1.38. The van der Waals surface area contributed by atoms with Crippen LogP contribution in [-0.4, -0.2) is 65.5 Å². The molecule has 22 heavy (non-hydrogen) atoms. The summed E-state index contributed by atoms with van der Waals surface area (Å²) in [7, 11) is 0. The number of hydrogen-bond donors (Lipinski definition) is 1. The second-order valence-corrected chi connectivity index (χ2v) is 5.70. The summed E-state index contributed by atoms with van der Waals surface area (Å²) in [6.07, 6.45) is -2.92. The highest BCUT2D eigenvalue weighted by Gasteiger charge is 2.31. The fourth-order valence-corrected chi connectivity index (χ4v) is 2.93. The molecule has 2 saturated heterocycles. The van der Waals surface area contributed by atoms with Crippen LogP contribution in [0.2, 0.25) is 0 Å². The lowest BCUT2D eigenvalue weighted by atomic mass is 10.2. The number of aromatic nitrogens is 1. The number of hydrazine groups is 1. The number of piperazine rings is 1. The van der Waals surface area contributed by atoms with Gasteiger partial charge in [0.15, 0.2) is 0 Å². The van der Waals surface area contributed by atoms with Gasteiger partial charge in [0.05, 0.1) is 11.7 Å². The first-order valence-corrected chi connectivity index (χ1v) is 7.39. The van der Waals surface area contributed by atoms with E-state index in [1.54, 1.807) is 0 Å². The van der Waals surface area contributed by atoms with Gasteiger partial charge in [0.25, 0.3) is 0 Å². The fourth-order valence-electron chi connectivity index (χ4n) is 2.93. The van der Waals surface area contributed by atoms with E-state index < -0.39 is 11.7 Å². The van der Waals surface area contributed by atoms with Crippen LogP contribution >= 0.6 is 0 Å². The third kappa shape index (κ3) is 3.34. The number of hydrogen-bond acceptors (Lipinski definition) is 5. The predicted octanol–water partition coefficient (Wildman–Crippen LogP) is 1.20. The minimum absolute atomic E-state index is 0.255. The fraction of sp³-hybridized carbons (Fsp3) is 0.643. The van der Waals surface area contributed by atoms with Crippen molar-refractivity contribution in [2.45, 2.75) is 18.7 Å². The zero-order valence-electron chi connectivity index (χ0n) is 12.1. The maximum Gasteiger partial charge on any atom is 0.417 e. The van der Waals surface area contributed by atoms with E-state index in [0.29, 0.717) is 25.5 Å². The molecule has 1 N–H and O–H groups in total. The Bertz CT molecular complexity index is 500. The van der Waals surface area contributed by atoms with E-state index in [0.717, 1.165) is 38.3 Å². The van der Waals surface area contributed by atoms with Crippen LogP contribution in [0.3, 0.4) is 0 Å². The molecule has 1 unspecified atom stereocenters. The molecule has 2 fully saturated rings. The van der Waals surface area contributed by atoms with Crippen LogP contribution in [0.25, 0.3) is 0 Å². The van der Waals surface area contributed by atoms with Crippen molar-refractivity contribution in [1.82, 2.24) is 15.0 Å². The molecule has 122 valence electrons. The average molecular weight is 316 g/mol. The largest absolute Gasteiger partial charge is 0.417 e. The third-order valence-corrected chi connectivity index (χ3v) is 4.20. The highest BCUT2D eigenvalue weighted by molar-refractivity contribution is 5.40. The van der Waals surface area contributed by atoms with Gasteiger partial charge in [0.2, 0.25) is 0 Å². The number of aliphatic hydroxyl groups excluding tert-OH is 1. The summed E-state index contributed by atoms with van der Waals surface area (Å²) < 4.78 is 37.6. The van der Waals surface area contributed by atoms with E-state index in [9.17, 15) is 18.3 Å². The van der Waals surface area contributed by atoms with Crippen molar-refractivity contribution in [1.29, 1.82) is 0 Å². The SMILES string of the molecule is OC1CCN(N2CCN(c3ccc(C(F)(F)F)cn3)CC2)C1. The number of aliphatic hydroxyl groups is 1. The molecule has 2 aliphatic rings. The smallest absolute Gasteiger partial charge is 0.392 e. The van der Waals surface area contributed by atoms with Crippen LogP contribution in [0, 0.1) is 0 Å². The minimum atomic E-state index is -4.35. The summed E-state index contributed by atoms with van der Waals surface area (Å²) in [4.78, 5) is 5.93. The monoisotopic (exact) mass is 316 g/mol. The number of alkyl halides is 3. The van der Waals surface area contributed by atoms with Gasteiger partial charge in [-0.25, -0.2) is 15.0 Å². The van der Waals surface area contributed by atoms with Crippen molar-refractivity contribution < 1.29 is 18.3 Å². The first-order chi connectivity index (χ1) is 10.4. The third-order valence-electron chi connectivity index (χ3n) is 4.20. The van der Waals surface area contributed by atoms with Crippen LogP contribution in [0.1, 0.15) is 12.0 Å². The number of rotatable bonds is 2. The van der Waals surface area contributed by atoms with Crippen molar-refractivity contribution in [3.05, 3.63) is 23.9 Å². The molecule has 2 aliphatic heterocycles. The molecular weight excluding hydrogens is 297 g/mol. The van der Waals surface area contributed by atoms with Gasteiger partial charge in [-0.3, -0.25) is 0 Å². The van der Waals surface area contributed by atoms with E-state index >= 15 is 0 Å². The molecule has 0 amide bonds. The van der Waals surface area contributed by atoms with Gasteiger partial charge in [0.1, 0.15) is 5.82 Å². The summed E-state index contributed by atoms with van der Waals surface area (Å²) in [6.45, 7) is 4.53. The lowest BCUT2D eigenvalue weighted by Crippen LogP contribution is -2.53. The summed E-state index contributed by atoms with van der Waals surface area (Å²) in [5, 5.41) is 13.9. The zero-order chi connectivity index (χ0) is 15.7. The molecule has 3 heterocycles. The summed E-state index contributed by atoms with van der Waals surface area (Å²) >= 11 is 0. The first kappa shape index (κ1) is 15.5. The van der Waals surface area contributed by atoms with Crippen molar-refractivity contribution >= 4 is 5.82 Å². The molecule has 8 heteroatoms. The van der Waals surface area contributed by atoms with Gasteiger partial charge >= 0.3 is 6.18 Å². The summed E-state index contributed by atoms with van der Waals surface area (Å²) in [5.74, 6) is 0.578. The molecule has 0 aliphatic carbocycles. The molecule has 0 aromatic carbocycles. The highest BCUT2D eigenvalue weighted by atomic mass is 19.4. The van der Waals surface area contributed by atoms with Crippen LogP contribution in [0.5, 0.6) is 0 Å². The lowest BCUT2D eigenvalue weighted by molar-refractivity contribution is -0.137. The number of anilines is 1. The van der Waals surface area contributed by atoms with E-state index in [-0.39, 0.29) is 6.10 Å². The zero-order valence-corrected chi connectivity index (χ0v) is 12.1. The molecule has 0 spiro atoms. The maximum absolute atomic E-state index is 12.5. The number of β-amino-alcohol motifs (C(OH)–C–C–N with tert-alkyl or cyclic N) is 1. The molecule has 0 saturated carbocycles. The van der Waals surface area contributed by atoms with Gasteiger partial charge in [-0.1, -0.05) is 0 Å². The maximum atomic E-state index is 12.5. The number of halogens is 3. The first-order valence-electron chi connectivity index (χ1n) is 7.39. The molecular formula is C14H19F3N4O. The van der Waals surface area contributed by atoms with Gasteiger partial charge in [-0.15, -0.1) is 0 Å². The molecule has 5 nitrogen and oxygen atoms in total. The van der Waals surface area contributed by atoms with E-state index in [4.69, 9.17) is 0 Å². The topological polar surface area (TPSA) is 42.8 Å². The Morgan fingerprint density at radius 2 is 1.77 bits per heavy atom. The van der Waals surface area contributed by atoms with E-state index in [1.807, 2.05) is 4.90 Å². The molecule has 3 rings (SSSR count). The van der Waals surface area contributed by atoms with Crippen LogP contribution < -0.4 is 4.90 Å². The van der Waals surface area contributed by atoms with Gasteiger partial charge in [-0.05, 0) is 18.6 Å². The van der Waals surface area contributed by atoms with Gasteiger partial charge in [0, 0.05) is 45.5 Å². The summed E-state index contributed by atoms with van der Waals surface area (Å²) in [5.41, 5.74) is -0.721. The van der Waals surface area contributed by atoms with Gasteiger partial charge in [-0.2, -0.15) is 13.2 Å². The predicted molar refractivity (Wildman–Crippen MR) is 75.2 cm³/mol. The summed E-state index contributed by atoms with van der Waals surface area (Å²) in [6, 6.07) is 2.50. The average Bonchev–Trinajstić information content (AvgIpc) is 2.93. The van der Waals surface area contributed by atoms with E-state index in [1.165, 1.54) is 6.07 Å². The van der Waals surface area contributed by atoms with Crippen molar-refractivity contribution in [2.24, 2.45) is 0 Å². The number of nitrogens with zero attached hydrogens (tertiary/aromatic N) is 4. The van der Waals surface area contributed by atoms with Crippen molar-refractivity contribution in [3.63, 3.8) is 0 Å². The Morgan fingerprint density at radius 3 is 2.27 bits per heavy atom. The Kier molecular flexibility index (Phi) is 4.24. The molecule has 1 aromatic heterocycles. The second-order valence-electron chi connectivity index (χ2n) is 5.70. The standard InChI is InChI=1S/C14H19F3N4O/c15-14(16,17)11-1-2-13(18-9-11)19-5-7-20(8-6-19)21-4-3-12(22)10-21/h1-2,9,12,22H,3-8,10H2. The van der Waals surface area contributed by atoms with Crippen LogP contribution in [0.15, 0.2) is 18.3 Å². The highest BCUT2D eigenvalue weighted by Crippen LogP contribution is 2.29. The Balaban J connectivity index is 1.57.